The van der Waals surface area contributed by atoms with Crippen LogP contribution in [0.5, 0.6) is 0 Å². The molecular formula is C25H33FN2O2. The summed E-state index contributed by atoms with van der Waals surface area (Å²) in [4.78, 5) is 28.0. The Morgan fingerprint density at radius 3 is 2.27 bits per heavy atom. The van der Waals surface area contributed by atoms with Crippen molar-refractivity contribution >= 4 is 11.8 Å². The van der Waals surface area contributed by atoms with E-state index in [2.05, 4.69) is 5.32 Å². The number of rotatable bonds is 7. The summed E-state index contributed by atoms with van der Waals surface area (Å²) in [6.45, 7) is 11.9. The third-order valence-electron chi connectivity index (χ3n) is 5.00. The highest BCUT2D eigenvalue weighted by atomic mass is 19.1. The minimum atomic E-state index is -0.605. The Morgan fingerprint density at radius 1 is 1.07 bits per heavy atom. The van der Waals surface area contributed by atoms with Crippen LogP contribution in [-0.4, -0.2) is 28.3 Å². The second kappa shape index (κ2) is 9.88. The van der Waals surface area contributed by atoms with E-state index in [0.29, 0.717) is 6.42 Å². The van der Waals surface area contributed by atoms with Crippen LogP contribution in [0.25, 0.3) is 0 Å². The molecule has 0 fully saturated rings. The molecule has 0 unspecified atom stereocenters. The van der Waals surface area contributed by atoms with Gasteiger partial charge in [-0.2, -0.15) is 0 Å². The molecular weight excluding hydrogens is 379 g/mol. The highest BCUT2D eigenvalue weighted by molar-refractivity contribution is 5.89. The molecule has 0 bridgehead atoms. The number of halogens is 1. The minimum Gasteiger partial charge on any atom is -0.350 e. The molecule has 0 radical (unpaired) electrons. The maximum Gasteiger partial charge on any atom is 0.243 e. The van der Waals surface area contributed by atoms with E-state index in [1.807, 2.05) is 59.7 Å². The van der Waals surface area contributed by atoms with E-state index >= 15 is 0 Å². The van der Waals surface area contributed by atoms with Crippen LogP contribution >= 0.6 is 0 Å². The Labute approximate surface area is 179 Å². The van der Waals surface area contributed by atoms with Crippen LogP contribution < -0.4 is 5.32 Å². The Balaban J connectivity index is 2.35. The molecule has 30 heavy (non-hydrogen) atoms. The number of nitrogens with zero attached hydrogens (tertiary/aromatic N) is 1. The average molecular weight is 413 g/mol. The third kappa shape index (κ3) is 6.68. The Bertz CT molecular complexity index is 885. The first-order valence-electron chi connectivity index (χ1n) is 10.4. The second-order valence-corrected chi connectivity index (χ2v) is 8.92. The molecule has 2 aromatic carbocycles. The molecule has 0 aliphatic carbocycles. The van der Waals surface area contributed by atoms with Crippen LogP contribution in [0.3, 0.4) is 0 Å². The summed E-state index contributed by atoms with van der Waals surface area (Å²) in [7, 11) is 0. The number of carbonyl (C=O) groups excluding carboxylic acids is 2. The van der Waals surface area contributed by atoms with Crippen LogP contribution in [0.4, 0.5) is 4.39 Å². The highest BCUT2D eigenvalue weighted by Crippen LogP contribution is 2.18. The van der Waals surface area contributed by atoms with Gasteiger partial charge >= 0.3 is 0 Å². The zero-order valence-corrected chi connectivity index (χ0v) is 18.9. The largest absolute Gasteiger partial charge is 0.350 e. The molecule has 2 rings (SSSR count). The van der Waals surface area contributed by atoms with Gasteiger partial charge in [-0.3, -0.25) is 9.59 Å². The Hall–Kier alpha value is -2.69. The number of hydrogen-bond acceptors (Lipinski definition) is 2. The van der Waals surface area contributed by atoms with Crippen LogP contribution in [0, 0.1) is 19.7 Å². The number of hydrogen-bond donors (Lipinski definition) is 1. The van der Waals surface area contributed by atoms with Gasteiger partial charge in [-0.15, -0.1) is 0 Å². The molecule has 1 N–H and O–H groups in total. The van der Waals surface area contributed by atoms with Gasteiger partial charge in [0.2, 0.25) is 11.8 Å². The van der Waals surface area contributed by atoms with Crippen LogP contribution in [0.1, 0.15) is 56.4 Å². The first-order chi connectivity index (χ1) is 14.0. The van der Waals surface area contributed by atoms with Crippen LogP contribution in [0.2, 0.25) is 0 Å². The van der Waals surface area contributed by atoms with Crippen LogP contribution in [0.15, 0.2) is 42.5 Å². The number of benzene rings is 2. The molecule has 0 aromatic heterocycles. The molecule has 4 nitrogen and oxygen atoms in total. The maximum atomic E-state index is 13.4. The fourth-order valence-electron chi connectivity index (χ4n) is 3.41. The molecule has 5 heteroatoms. The van der Waals surface area contributed by atoms with E-state index in [0.717, 1.165) is 22.3 Å². The van der Waals surface area contributed by atoms with E-state index in [1.54, 1.807) is 17.0 Å². The third-order valence-corrected chi connectivity index (χ3v) is 5.00. The topological polar surface area (TPSA) is 49.4 Å². The van der Waals surface area contributed by atoms with Gasteiger partial charge in [0.15, 0.2) is 0 Å². The van der Waals surface area contributed by atoms with E-state index in [9.17, 15) is 14.0 Å². The summed E-state index contributed by atoms with van der Waals surface area (Å²) in [5.41, 5.74) is 3.47. The highest BCUT2D eigenvalue weighted by Gasteiger charge is 2.30. The normalized spacial score (nSPS) is 12.4. The van der Waals surface area contributed by atoms with Crippen molar-refractivity contribution < 1.29 is 14.0 Å². The van der Waals surface area contributed by atoms with E-state index < -0.39 is 11.6 Å². The summed E-state index contributed by atoms with van der Waals surface area (Å²) < 4.78 is 13.3. The summed E-state index contributed by atoms with van der Waals surface area (Å²) >= 11 is 0. The number of carbonyl (C=O) groups is 2. The monoisotopic (exact) mass is 412 g/mol. The van der Waals surface area contributed by atoms with Gasteiger partial charge < -0.3 is 10.2 Å². The number of amides is 2. The van der Waals surface area contributed by atoms with Crippen molar-refractivity contribution in [3.63, 3.8) is 0 Å². The minimum absolute atomic E-state index is 0.121. The molecule has 0 spiro atoms. The van der Waals surface area contributed by atoms with E-state index in [1.165, 1.54) is 12.1 Å². The zero-order valence-electron chi connectivity index (χ0n) is 18.9. The molecule has 1 atom stereocenters. The SMILES string of the molecule is CC[C@H](C(=O)NC(C)(C)C)N(Cc1ccc(F)cc1)C(=O)Cc1cc(C)ccc1C. The maximum absolute atomic E-state index is 13.4. The van der Waals surface area contributed by atoms with Crippen molar-refractivity contribution in [2.24, 2.45) is 0 Å². The van der Waals surface area contributed by atoms with Gasteiger partial charge in [-0.25, -0.2) is 4.39 Å². The van der Waals surface area contributed by atoms with Crippen molar-refractivity contribution in [2.45, 2.75) is 72.5 Å². The predicted molar refractivity (Wildman–Crippen MR) is 119 cm³/mol. The first-order valence-corrected chi connectivity index (χ1v) is 10.4. The summed E-state index contributed by atoms with van der Waals surface area (Å²) in [6.07, 6.45) is 0.704. The molecule has 0 heterocycles. The van der Waals surface area contributed by atoms with Gasteiger partial charge in [0, 0.05) is 12.1 Å². The number of nitrogens with one attached hydrogen (secondary N) is 1. The van der Waals surface area contributed by atoms with Gasteiger partial charge in [0.1, 0.15) is 11.9 Å². The quantitative estimate of drug-likeness (QED) is 0.716. The molecule has 162 valence electrons. The molecule has 0 aliphatic rings. The smallest absolute Gasteiger partial charge is 0.243 e. The van der Waals surface area contributed by atoms with E-state index in [4.69, 9.17) is 0 Å². The lowest BCUT2D eigenvalue weighted by Crippen LogP contribution is -2.53. The van der Waals surface area contributed by atoms with Gasteiger partial charge in [0.25, 0.3) is 0 Å². The molecule has 2 aromatic rings. The first kappa shape index (κ1) is 23.6. The Kier molecular flexibility index (Phi) is 7.77. The van der Waals surface area contributed by atoms with Gasteiger partial charge in [-0.05, 0) is 69.9 Å². The molecule has 0 saturated carbocycles. The summed E-state index contributed by atoms with van der Waals surface area (Å²) in [6, 6.07) is 11.5. The Morgan fingerprint density at radius 2 is 1.70 bits per heavy atom. The summed E-state index contributed by atoms with van der Waals surface area (Å²) in [5, 5.41) is 2.99. The van der Waals surface area contributed by atoms with Crippen LogP contribution in [-0.2, 0) is 22.6 Å². The lowest BCUT2D eigenvalue weighted by molar-refractivity contribution is -0.141. The number of aryl methyl sites for hydroxylation is 2. The van der Waals surface area contributed by atoms with Crippen molar-refractivity contribution in [2.75, 3.05) is 0 Å². The van der Waals surface area contributed by atoms with E-state index in [-0.39, 0.29) is 30.6 Å². The van der Waals surface area contributed by atoms with Crippen molar-refractivity contribution in [3.05, 3.63) is 70.5 Å². The standard InChI is InChI=1S/C25H33FN2O2/c1-7-22(24(30)27-25(4,5)6)28(16-19-10-12-21(26)13-11-19)23(29)15-20-14-17(2)8-9-18(20)3/h8-14,22H,7,15-16H2,1-6H3,(H,27,30)/t22-/m1/s1. The van der Waals surface area contributed by atoms with Crippen molar-refractivity contribution in [3.8, 4) is 0 Å². The van der Waals surface area contributed by atoms with Crippen molar-refractivity contribution in [1.82, 2.24) is 10.2 Å². The van der Waals surface area contributed by atoms with Gasteiger partial charge in [-0.1, -0.05) is 42.8 Å². The molecule has 2 amide bonds. The van der Waals surface area contributed by atoms with Gasteiger partial charge in [0.05, 0.1) is 6.42 Å². The fourth-order valence-corrected chi connectivity index (χ4v) is 3.41. The molecule has 0 saturated heterocycles. The molecule has 0 aliphatic heterocycles. The lowest BCUT2D eigenvalue weighted by atomic mass is 10.0. The lowest BCUT2D eigenvalue weighted by Gasteiger charge is -2.33. The fraction of sp³-hybridized carbons (Fsp3) is 0.440. The zero-order chi connectivity index (χ0) is 22.5. The summed E-state index contributed by atoms with van der Waals surface area (Å²) in [5.74, 6) is -0.630. The average Bonchev–Trinajstić information content (AvgIpc) is 2.64. The second-order valence-electron chi connectivity index (χ2n) is 8.92. The predicted octanol–water partition coefficient (Wildman–Crippen LogP) is 4.71. The van der Waals surface area contributed by atoms with Crippen molar-refractivity contribution in [1.29, 1.82) is 0 Å².